The molecule has 3 heterocycles. The van der Waals surface area contributed by atoms with Crippen LogP contribution in [0.25, 0.3) is 0 Å². The Labute approximate surface area is 178 Å². The molecular formula is C23H42N6. The van der Waals surface area contributed by atoms with Gasteiger partial charge in [-0.3, -0.25) is 4.90 Å². The number of likely N-dealkylation sites (tertiary alicyclic amines) is 1. The van der Waals surface area contributed by atoms with Crippen LogP contribution in [0.4, 0.5) is 5.95 Å². The lowest BCUT2D eigenvalue weighted by atomic mass is 10.0. The topological polar surface area (TPSA) is 38.7 Å². The van der Waals surface area contributed by atoms with Crippen LogP contribution in [-0.4, -0.2) is 89.6 Å². The number of aromatic nitrogens is 2. The second kappa shape index (κ2) is 10.2. The van der Waals surface area contributed by atoms with E-state index in [-0.39, 0.29) is 0 Å². The number of hydrogen-bond donors (Lipinski definition) is 0. The van der Waals surface area contributed by atoms with Gasteiger partial charge in [-0.2, -0.15) is 0 Å². The zero-order valence-corrected chi connectivity index (χ0v) is 19.5. The third-order valence-electron chi connectivity index (χ3n) is 6.60. The average Bonchev–Trinajstić information content (AvgIpc) is 2.68. The van der Waals surface area contributed by atoms with Crippen molar-refractivity contribution in [1.29, 1.82) is 0 Å². The van der Waals surface area contributed by atoms with Crippen molar-refractivity contribution in [1.82, 2.24) is 24.7 Å². The van der Waals surface area contributed by atoms with Crippen LogP contribution in [0, 0.1) is 5.92 Å². The van der Waals surface area contributed by atoms with E-state index in [2.05, 4.69) is 61.4 Å². The molecule has 3 rings (SSSR count). The Bertz CT molecular complexity index is 610. The molecule has 2 fully saturated rings. The van der Waals surface area contributed by atoms with Crippen LogP contribution in [-0.2, 0) is 6.54 Å². The smallest absolute Gasteiger partial charge is 0.225 e. The monoisotopic (exact) mass is 402 g/mol. The van der Waals surface area contributed by atoms with Gasteiger partial charge < -0.3 is 14.7 Å². The molecule has 0 aliphatic carbocycles. The van der Waals surface area contributed by atoms with Gasteiger partial charge in [0.1, 0.15) is 0 Å². The largest absolute Gasteiger partial charge is 0.333 e. The Morgan fingerprint density at radius 2 is 1.79 bits per heavy atom. The first-order chi connectivity index (χ1) is 13.9. The number of hydrogen-bond acceptors (Lipinski definition) is 6. The Morgan fingerprint density at radius 3 is 2.38 bits per heavy atom. The fourth-order valence-corrected chi connectivity index (χ4v) is 5.15. The Morgan fingerprint density at radius 1 is 1.14 bits per heavy atom. The van der Waals surface area contributed by atoms with E-state index in [0.717, 1.165) is 37.9 Å². The number of anilines is 1. The van der Waals surface area contributed by atoms with E-state index in [4.69, 9.17) is 9.97 Å². The molecule has 2 saturated heterocycles. The van der Waals surface area contributed by atoms with Crippen molar-refractivity contribution in [2.24, 2.45) is 5.92 Å². The minimum Gasteiger partial charge on any atom is -0.333 e. The highest BCUT2D eigenvalue weighted by Crippen LogP contribution is 2.23. The van der Waals surface area contributed by atoms with Gasteiger partial charge >= 0.3 is 0 Å². The second-order valence-electron chi connectivity index (χ2n) is 9.77. The maximum absolute atomic E-state index is 4.78. The van der Waals surface area contributed by atoms with E-state index >= 15 is 0 Å². The number of nitrogens with zero attached hydrogens (tertiary/aromatic N) is 6. The maximum atomic E-state index is 4.78. The van der Waals surface area contributed by atoms with Crippen LogP contribution < -0.4 is 4.90 Å². The molecule has 0 radical (unpaired) electrons. The molecule has 0 spiro atoms. The van der Waals surface area contributed by atoms with E-state index in [9.17, 15) is 0 Å². The van der Waals surface area contributed by atoms with Crippen LogP contribution in [0.1, 0.15) is 52.5 Å². The summed E-state index contributed by atoms with van der Waals surface area (Å²) < 4.78 is 0. The average molecular weight is 403 g/mol. The van der Waals surface area contributed by atoms with Gasteiger partial charge in [-0.15, -0.1) is 0 Å². The van der Waals surface area contributed by atoms with Crippen molar-refractivity contribution >= 4 is 5.95 Å². The summed E-state index contributed by atoms with van der Waals surface area (Å²) in [7, 11) is 4.47. The van der Waals surface area contributed by atoms with Gasteiger partial charge in [-0.25, -0.2) is 9.97 Å². The van der Waals surface area contributed by atoms with Crippen LogP contribution in [0.3, 0.4) is 0 Å². The van der Waals surface area contributed by atoms with Crippen molar-refractivity contribution in [3.8, 4) is 0 Å². The van der Waals surface area contributed by atoms with Crippen LogP contribution >= 0.6 is 0 Å². The number of likely N-dealkylation sites (N-methyl/N-ethyl adjacent to an activating group) is 1. The van der Waals surface area contributed by atoms with Gasteiger partial charge in [0.25, 0.3) is 0 Å². The molecule has 6 heteroatoms. The van der Waals surface area contributed by atoms with Crippen molar-refractivity contribution < 1.29 is 0 Å². The fraction of sp³-hybridized carbons (Fsp3) is 0.826. The van der Waals surface area contributed by atoms with E-state index in [0.29, 0.717) is 18.1 Å². The summed E-state index contributed by atoms with van der Waals surface area (Å²) in [6.45, 7) is 15.9. The minimum atomic E-state index is 0.447. The van der Waals surface area contributed by atoms with Crippen LogP contribution in [0.2, 0.25) is 0 Å². The summed E-state index contributed by atoms with van der Waals surface area (Å²) in [4.78, 5) is 19.5. The predicted octanol–water partition coefficient (Wildman–Crippen LogP) is 2.95. The van der Waals surface area contributed by atoms with Gasteiger partial charge in [0, 0.05) is 62.3 Å². The Balaban J connectivity index is 1.55. The molecule has 1 aromatic heterocycles. The summed E-state index contributed by atoms with van der Waals surface area (Å²) >= 11 is 0. The Kier molecular flexibility index (Phi) is 7.88. The molecule has 1 aromatic rings. The predicted molar refractivity (Wildman–Crippen MR) is 121 cm³/mol. The summed E-state index contributed by atoms with van der Waals surface area (Å²) in [6, 6.07) is 1.61. The van der Waals surface area contributed by atoms with Crippen molar-refractivity contribution in [2.45, 2.75) is 71.6 Å². The molecule has 0 saturated carbocycles. The molecule has 2 unspecified atom stereocenters. The molecule has 0 amide bonds. The SMILES string of the molecule is CCC1CN(C)CC(C)N1c1ncc(CN(C)C2CCN(CC(C)C)CC2)cn1. The standard InChI is InChI=1S/C23H42N6/c1-7-21-17-26(5)15-19(4)29(21)23-24-12-20(13-25-23)16-27(6)22-8-10-28(11-9-22)14-18(2)3/h12-13,18-19,21-22H,7-11,14-17H2,1-6H3. The third kappa shape index (κ3) is 5.89. The lowest BCUT2D eigenvalue weighted by Crippen LogP contribution is -2.57. The molecule has 29 heavy (non-hydrogen) atoms. The summed E-state index contributed by atoms with van der Waals surface area (Å²) in [5.74, 6) is 1.65. The molecule has 0 bridgehead atoms. The van der Waals surface area contributed by atoms with Gasteiger partial charge in [0.05, 0.1) is 0 Å². The Hall–Kier alpha value is -1.24. The van der Waals surface area contributed by atoms with Gasteiger partial charge in [0.2, 0.25) is 5.95 Å². The maximum Gasteiger partial charge on any atom is 0.225 e. The summed E-state index contributed by atoms with van der Waals surface area (Å²) in [5, 5.41) is 0. The van der Waals surface area contributed by atoms with Crippen molar-refractivity contribution in [3.63, 3.8) is 0 Å². The third-order valence-corrected chi connectivity index (χ3v) is 6.60. The van der Waals surface area contributed by atoms with Gasteiger partial charge in [-0.05, 0) is 59.3 Å². The van der Waals surface area contributed by atoms with Gasteiger partial charge in [-0.1, -0.05) is 20.8 Å². The zero-order chi connectivity index (χ0) is 21.0. The summed E-state index contributed by atoms with van der Waals surface area (Å²) in [5.41, 5.74) is 1.22. The molecule has 2 atom stereocenters. The molecule has 0 N–H and O–H groups in total. The van der Waals surface area contributed by atoms with Gasteiger partial charge in [0.15, 0.2) is 0 Å². The first-order valence-corrected chi connectivity index (χ1v) is 11.6. The molecule has 2 aliphatic heterocycles. The highest BCUT2D eigenvalue weighted by atomic mass is 15.4. The molecule has 164 valence electrons. The van der Waals surface area contributed by atoms with E-state index < -0.39 is 0 Å². The highest BCUT2D eigenvalue weighted by molar-refractivity contribution is 5.35. The lowest BCUT2D eigenvalue weighted by molar-refractivity contribution is 0.115. The quantitative estimate of drug-likeness (QED) is 0.698. The first-order valence-electron chi connectivity index (χ1n) is 11.6. The van der Waals surface area contributed by atoms with Crippen molar-refractivity contribution in [2.75, 3.05) is 51.7 Å². The second-order valence-corrected chi connectivity index (χ2v) is 9.77. The highest BCUT2D eigenvalue weighted by Gasteiger charge is 2.31. The number of piperidine rings is 1. The fourth-order valence-electron chi connectivity index (χ4n) is 5.15. The molecule has 2 aliphatic rings. The lowest BCUT2D eigenvalue weighted by Gasteiger charge is -2.44. The summed E-state index contributed by atoms with van der Waals surface area (Å²) in [6.07, 6.45) is 7.74. The van der Waals surface area contributed by atoms with Crippen molar-refractivity contribution in [3.05, 3.63) is 18.0 Å². The van der Waals surface area contributed by atoms with Crippen LogP contribution in [0.15, 0.2) is 12.4 Å². The molecule has 0 aromatic carbocycles. The minimum absolute atomic E-state index is 0.447. The zero-order valence-electron chi connectivity index (χ0n) is 19.5. The molecular weight excluding hydrogens is 360 g/mol. The normalized spacial score (nSPS) is 25.3. The number of rotatable bonds is 7. The van der Waals surface area contributed by atoms with E-state index in [1.54, 1.807) is 0 Å². The van der Waals surface area contributed by atoms with E-state index in [1.807, 2.05) is 12.4 Å². The molecule has 6 nitrogen and oxygen atoms in total. The first kappa shape index (κ1) is 22.4. The van der Waals surface area contributed by atoms with Crippen LogP contribution in [0.5, 0.6) is 0 Å². The van der Waals surface area contributed by atoms with E-state index in [1.165, 1.54) is 38.0 Å². The number of piperazine rings is 1.